The predicted molar refractivity (Wildman–Crippen MR) is 145 cm³/mol. The third kappa shape index (κ3) is 8.74. The molecule has 4 rings (SSSR count). The molecule has 39 heavy (non-hydrogen) atoms. The molecule has 3 aromatic carbocycles. The van der Waals surface area contributed by atoms with Gasteiger partial charge in [0.25, 0.3) is 0 Å². The fraction of sp³-hybridized carbons (Fsp3) is 0.375. The molecule has 0 aliphatic carbocycles. The molecule has 1 fully saturated rings. The van der Waals surface area contributed by atoms with Crippen molar-refractivity contribution in [3.63, 3.8) is 0 Å². The van der Waals surface area contributed by atoms with E-state index in [1.807, 2.05) is 91.0 Å². The monoisotopic (exact) mass is 529 g/mol. The maximum Gasteiger partial charge on any atom is 0.303 e. The molecule has 3 aromatic rings. The minimum absolute atomic E-state index is 0.245. The maximum atomic E-state index is 12.2. The second-order valence-corrected chi connectivity index (χ2v) is 9.51. The van der Waals surface area contributed by atoms with Gasteiger partial charge in [-0.05, 0) is 23.1 Å². The smallest absolute Gasteiger partial charge is 0.303 e. The molecule has 0 saturated carbocycles. The molecular weight excluding hydrogens is 494 g/mol. The van der Waals surface area contributed by atoms with Crippen molar-refractivity contribution in [1.82, 2.24) is 0 Å². The highest BCUT2D eigenvalue weighted by atomic mass is 16.6. The van der Waals surface area contributed by atoms with Gasteiger partial charge >= 0.3 is 5.97 Å². The highest BCUT2D eigenvalue weighted by Gasteiger charge is 2.49. The molecule has 5 atom stereocenters. The molecule has 0 N–H and O–H groups in total. The normalized spacial score (nSPS) is 22.6. The average molecular weight is 530 g/mol. The molecule has 0 unspecified atom stereocenters. The van der Waals surface area contributed by atoms with Gasteiger partial charge in [-0.2, -0.15) is 5.26 Å². The van der Waals surface area contributed by atoms with E-state index < -0.39 is 36.5 Å². The van der Waals surface area contributed by atoms with E-state index in [2.05, 4.69) is 6.07 Å². The van der Waals surface area contributed by atoms with Crippen molar-refractivity contribution in [1.29, 1.82) is 5.26 Å². The Morgan fingerprint density at radius 3 is 1.77 bits per heavy atom. The van der Waals surface area contributed by atoms with Crippen molar-refractivity contribution in [2.75, 3.05) is 6.61 Å². The summed E-state index contributed by atoms with van der Waals surface area (Å²) >= 11 is 0. The van der Waals surface area contributed by atoms with Gasteiger partial charge in [0, 0.05) is 13.3 Å². The summed E-state index contributed by atoms with van der Waals surface area (Å²) in [4.78, 5) is 12.2. The summed E-state index contributed by atoms with van der Waals surface area (Å²) in [5.41, 5.74) is 3.03. The molecule has 7 nitrogen and oxygen atoms in total. The van der Waals surface area contributed by atoms with Crippen molar-refractivity contribution in [3.05, 3.63) is 108 Å². The summed E-state index contributed by atoms with van der Waals surface area (Å²) in [6, 6.07) is 31.7. The lowest BCUT2D eigenvalue weighted by atomic mass is 9.92. The summed E-state index contributed by atoms with van der Waals surface area (Å²) in [5.74, 6) is -0.445. The van der Waals surface area contributed by atoms with Crippen LogP contribution in [-0.2, 0) is 48.3 Å². The standard InChI is InChI=1S/C32H35NO6/c1-24(34)38-31-28(18-11-19-33)39-29(23-35-20-25-12-5-2-6-13-25)30(36-21-26-14-7-3-8-15-26)32(31)37-22-27-16-9-4-10-17-27/h2-10,12-17,28-32H,11,18,20-23H2,1H3/t28-,29-,30-,31+,32+/m1/s1. The molecule has 204 valence electrons. The predicted octanol–water partition coefficient (Wildman–Crippen LogP) is 5.38. The molecule has 0 bridgehead atoms. The fourth-order valence-corrected chi connectivity index (χ4v) is 4.69. The van der Waals surface area contributed by atoms with Crippen LogP contribution in [0.2, 0.25) is 0 Å². The Hall–Kier alpha value is -3.54. The fourth-order valence-electron chi connectivity index (χ4n) is 4.69. The Bertz CT molecular complexity index is 1170. The van der Waals surface area contributed by atoms with Crippen molar-refractivity contribution in [3.8, 4) is 6.07 Å². The summed E-state index contributed by atoms with van der Waals surface area (Å²) < 4.78 is 31.3. The van der Waals surface area contributed by atoms with Gasteiger partial charge in [0.15, 0.2) is 6.10 Å². The lowest BCUT2D eigenvalue weighted by Gasteiger charge is -2.45. The van der Waals surface area contributed by atoms with Crippen LogP contribution in [0.5, 0.6) is 0 Å². The molecule has 1 aliphatic rings. The number of nitrogens with zero attached hydrogens (tertiary/aromatic N) is 1. The van der Waals surface area contributed by atoms with E-state index in [4.69, 9.17) is 23.7 Å². The van der Waals surface area contributed by atoms with Gasteiger partial charge in [0.05, 0.1) is 38.6 Å². The highest BCUT2D eigenvalue weighted by Crippen LogP contribution is 2.32. The van der Waals surface area contributed by atoms with E-state index in [1.54, 1.807) is 0 Å². The summed E-state index contributed by atoms with van der Waals surface area (Å²) in [6.45, 7) is 2.65. The average Bonchev–Trinajstić information content (AvgIpc) is 2.96. The third-order valence-electron chi connectivity index (χ3n) is 6.54. The zero-order valence-corrected chi connectivity index (χ0v) is 22.2. The highest BCUT2D eigenvalue weighted by molar-refractivity contribution is 5.66. The Balaban J connectivity index is 1.59. The van der Waals surface area contributed by atoms with Gasteiger partial charge in [-0.3, -0.25) is 4.79 Å². The van der Waals surface area contributed by atoms with Crippen LogP contribution in [0.1, 0.15) is 36.5 Å². The molecular formula is C32H35NO6. The first-order valence-electron chi connectivity index (χ1n) is 13.3. The number of carbonyl (C=O) groups excluding carboxylic acids is 1. The van der Waals surface area contributed by atoms with E-state index in [1.165, 1.54) is 6.92 Å². The minimum atomic E-state index is -0.745. The quantitative estimate of drug-likeness (QED) is 0.275. The SMILES string of the molecule is CC(=O)O[C@@H]1[C@@H](OCc2ccccc2)[C@H](OCc2ccccc2)[C@@H](COCc2ccccc2)O[C@@H]1CCC#N. The maximum absolute atomic E-state index is 12.2. The number of hydrogen-bond acceptors (Lipinski definition) is 7. The molecule has 0 spiro atoms. The first-order chi connectivity index (χ1) is 19.1. The van der Waals surface area contributed by atoms with Gasteiger partial charge in [-0.1, -0.05) is 91.0 Å². The van der Waals surface area contributed by atoms with Gasteiger partial charge < -0.3 is 23.7 Å². The molecule has 7 heteroatoms. The van der Waals surface area contributed by atoms with E-state index in [0.717, 1.165) is 16.7 Å². The van der Waals surface area contributed by atoms with Gasteiger partial charge in [-0.15, -0.1) is 0 Å². The molecule has 1 aliphatic heterocycles. The second-order valence-electron chi connectivity index (χ2n) is 9.51. The van der Waals surface area contributed by atoms with Gasteiger partial charge in [-0.25, -0.2) is 0 Å². The van der Waals surface area contributed by atoms with Crippen molar-refractivity contribution < 1.29 is 28.5 Å². The van der Waals surface area contributed by atoms with Crippen LogP contribution in [-0.4, -0.2) is 43.1 Å². The zero-order chi connectivity index (χ0) is 27.3. The Morgan fingerprint density at radius 1 is 0.744 bits per heavy atom. The van der Waals surface area contributed by atoms with Crippen LogP contribution < -0.4 is 0 Å². The van der Waals surface area contributed by atoms with E-state index in [-0.39, 0.29) is 13.0 Å². The number of nitriles is 1. The number of hydrogen-bond donors (Lipinski definition) is 0. The third-order valence-corrected chi connectivity index (χ3v) is 6.54. The lowest BCUT2D eigenvalue weighted by Crippen LogP contribution is -2.61. The van der Waals surface area contributed by atoms with Crippen molar-refractivity contribution in [2.45, 2.75) is 70.1 Å². The van der Waals surface area contributed by atoms with Crippen molar-refractivity contribution >= 4 is 5.97 Å². The zero-order valence-electron chi connectivity index (χ0n) is 22.2. The van der Waals surface area contributed by atoms with Crippen LogP contribution in [0.4, 0.5) is 0 Å². The molecule has 1 heterocycles. The van der Waals surface area contributed by atoms with Gasteiger partial charge in [0.2, 0.25) is 0 Å². The minimum Gasteiger partial charge on any atom is -0.457 e. The van der Waals surface area contributed by atoms with Gasteiger partial charge in [0.1, 0.15) is 18.3 Å². The molecule has 1 saturated heterocycles. The number of benzene rings is 3. The van der Waals surface area contributed by atoms with Crippen LogP contribution >= 0.6 is 0 Å². The number of ether oxygens (including phenoxy) is 5. The molecule has 0 amide bonds. The second kappa shape index (κ2) is 15.2. The van der Waals surface area contributed by atoms with Crippen LogP contribution in [0, 0.1) is 11.3 Å². The van der Waals surface area contributed by atoms with E-state index in [0.29, 0.717) is 26.2 Å². The number of esters is 1. The Morgan fingerprint density at radius 2 is 1.26 bits per heavy atom. The van der Waals surface area contributed by atoms with Crippen LogP contribution in [0.25, 0.3) is 0 Å². The summed E-state index contributed by atoms with van der Waals surface area (Å²) in [7, 11) is 0. The largest absolute Gasteiger partial charge is 0.457 e. The van der Waals surface area contributed by atoms with Crippen molar-refractivity contribution in [2.24, 2.45) is 0 Å². The molecule has 0 radical (unpaired) electrons. The van der Waals surface area contributed by atoms with Crippen LogP contribution in [0.15, 0.2) is 91.0 Å². The summed E-state index contributed by atoms with van der Waals surface area (Å²) in [5, 5.41) is 9.28. The first kappa shape index (κ1) is 28.5. The summed E-state index contributed by atoms with van der Waals surface area (Å²) in [6.07, 6.45) is -2.38. The van der Waals surface area contributed by atoms with Crippen LogP contribution in [0.3, 0.4) is 0 Å². The topological polar surface area (TPSA) is 87.0 Å². The number of carbonyl (C=O) groups is 1. The number of rotatable bonds is 13. The first-order valence-corrected chi connectivity index (χ1v) is 13.3. The Labute approximate surface area is 230 Å². The Kier molecular flexibility index (Phi) is 11.1. The van der Waals surface area contributed by atoms with E-state index >= 15 is 0 Å². The molecule has 0 aromatic heterocycles. The van der Waals surface area contributed by atoms with E-state index in [9.17, 15) is 10.1 Å². The lowest BCUT2D eigenvalue weighted by molar-refractivity contribution is -0.266.